The minimum Gasteiger partial charge on any atom is -0.383 e. The zero-order valence-corrected chi connectivity index (χ0v) is 13.9. The predicted molar refractivity (Wildman–Crippen MR) is 89.2 cm³/mol. The minimum absolute atomic E-state index is 0.197. The van der Waals surface area contributed by atoms with Gasteiger partial charge in [-0.2, -0.15) is 0 Å². The largest absolute Gasteiger partial charge is 0.383 e. The smallest absolute Gasteiger partial charge is 0.251 e. The molecular weight excluding hydrogens is 308 g/mol. The second-order valence-corrected chi connectivity index (χ2v) is 6.40. The Morgan fingerprint density at radius 3 is 2.50 bits per heavy atom. The molecular formula is C18H26N2O4. The molecule has 6 nitrogen and oxygen atoms in total. The van der Waals surface area contributed by atoms with Gasteiger partial charge in [-0.1, -0.05) is 30.3 Å². The fraction of sp³-hybridized carbons (Fsp3) is 0.556. The van der Waals surface area contributed by atoms with E-state index in [1.165, 1.54) is 0 Å². The van der Waals surface area contributed by atoms with E-state index in [-0.39, 0.29) is 11.8 Å². The van der Waals surface area contributed by atoms with Crippen molar-refractivity contribution >= 4 is 11.8 Å². The number of aliphatic hydroxyl groups excluding tert-OH is 1. The fourth-order valence-electron chi connectivity index (χ4n) is 3.18. The Balaban J connectivity index is 1.71. The molecule has 2 amide bonds. The predicted octanol–water partition coefficient (Wildman–Crippen LogP) is 1.50. The van der Waals surface area contributed by atoms with E-state index in [1.807, 2.05) is 30.3 Å². The van der Waals surface area contributed by atoms with Crippen molar-refractivity contribution in [2.24, 2.45) is 5.92 Å². The average Bonchev–Trinajstić information content (AvgIpc) is 2.62. The first kappa shape index (κ1) is 18.4. The minimum atomic E-state index is -0.989. The van der Waals surface area contributed by atoms with E-state index in [0.717, 1.165) is 31.2 Å². The van der Waals surface area contributed by atoms with Gasteiger partial charge in [-0.15, -0.1) is 0 Å². The lowest BCUT2D eigenvalue weighted by Crippen LogP contribution is -2.44. The van der Waals surface area contributed by atoms with E-state index in [9.17, 15) is 14.7 Å². The van der Waals surface area contributed by atoms with Gasteiger partial charge in [0.1, 0.15) is 6.10 Å². The first-order chi connectivity index (χ1) is 11.6. The molecule has 2 rings (SSSR count). The molecule has 1 aliphatic heterocycles. The molecule has 0 spiro atoms. The third-order valence-corrected chi connectivity index (χ3v) is 4.62. The first-order valence-corrected chi connectivity index (χ1v) is 8.54. The monoisotopic (exact) mass is 334 g/mol. The SMILES string of the molecule is O=C(CCCC1CCN(C(=O)[C@H](O)Cc2ccccc2)CC1)NO. The Hall–Kier alpha value is -1.92. The summed E-state index contributed by atoms with van der Waals surface area (Å²) in [6.45, 7) is 1.31. The third-order valence-electron chi connectivity index (χ3n) is 4.62. The van der Waals surface area contributed by atoms with Crippen LogP contribution in [0.15, 0.2) is 30.3 Å². The lowest BCUT2D eigenvalue weighted by atomic mass is 9.91. The van der Waals surface area contributed by atoms with Crippen molar-refractivity contribution in [3.8, 4) is 0 Å². The van der Waals surface area contributed by atoms with Crippen LogP contribution in [0.1, 0.15) is 37.7 Å². The van der Waals surface area contributed by atoms with Crippen LogP contribution in [0.2, 0.25) is 0 Å². The molecule has 1 saturated heterocycles. The molecule has 132 valence electrons. The summed E-state index contributed by atoms with van der Waals surface area (Å²) in [5.74, 6) is -0.0598. The van der Waals surface area contributed by atoms with Gasteiger partial charge < -0.3 is 10.0 Å². The van der Waals surface area contributed by atoms with Gasteiger partial charge in [-0.05, 0) is 37.2 Å². The van der Waals surface area contributed by atoms with Crippen LogP contribution < -0.4 is 5.48 Å². The molecule has 0 radical (unpaired) electrons. The van der Waals surface area contributed by atoms with Crippen molar-refractivity contribution in [2.45, 2.75) is 44.6 Å². The molecule has 1 heterocycles. The van der Waals surface area contributed by atoms with Crippen molar-refractivity contribution in [2.75, 3.05) is 13.1 Å². The second-order valence-electron chi connectivity index (χ2n) is 6.40. The van der Waals surface area contributed by atoms with Gasteiger partial charge in [0.15, 0.2) is 0 Å². The summed E-state index contributed by atoms with van der Waals surface area (Å²) in [5, 5.41) is 18.6. The quantitative estimate of drug-likeness (QED) is 0.521. The number of hydroxylamine groups is 1. The number of carbonyl (C=O) groups excluding carboxylic acids is 2. The van der Waals surface area contributed by atoms with Gasteiger partial charge in [-0.25, -0.2) is 5.48 Å². The Morgan fingerprint density at radius 2 is 1.88 bits per heavy atom. The number of likely N-dealkylation sites (tertiary alicyclic amines) is 1. The molecule has 1 atom stereocenters. The molecule has 24 heavy (non-hydrogen) atoms. The number of carbonyl (C=O) groups is 2. The highest BCUT2D eigenvalue weighted by Crippen LogP contribution is 2.23. The molecule has 0 aromatic heterocycles. The van der Waals surface area contributed by atoms with E-state index < -0.39 is 6.10 Å². The van der Waals surface area contributed by atoms with Gasteiger partial charge in [-0.3, -0.25) is 14.8 Å². The molecule has 1 aromatic carbocycles. The highest BCUT2D eigenvalue weighted by molar-refractivity contribution is 5.81. The summed E-state index contributed by atoms with van der Waals surface area (Å²) < 4.78 is 0. The van der Waals surface area contributed by atoms with E-state index in [2.05, 4.69) is 0 Å². The van der Waals surface area contributed by atoms with Crippen LogP contribution in [0.5, 0.6) is 0 Å². The maximum atomic E-state index is 12.3. The highest BCUT2D eigenvalue weighted by atomic mass is 16.5. The van der Waals surface area contributed by atoms with E-state index in [0.29, 0.717) is 31.8 Å². The summed E-state index contributed by atoms with van der Waals surface area (Å²) in [6, 6.07) is 9.52. The highest BCUT2D eigenvalue weighted by Gasteiger charge is 2.27. The first-order valence-electron chi connectivity index (χ1n) is 8.54. The maximum absolute atomic E-state index is 12.3. The molecule has 0 bridgehead atoms. The zero-order valence-electron chi connectivity index (χ0n) is 13.9. The van der Waals surface area contributed by atoms with E-state index >= 15 is 0 Å². The van der Waals surface area contributed by atoms with Crippen molar-refractivity contribution in [1.82, 2.24) is 10.4 Å². The standard InChI is InChI=1S/C18H26N2O4/c21-16(13-15-5-2-1-3-6-15)18(23)20-11-9-14(10-12-20)7-4-8-17(22)19-24/h1-3,5-6,14,16,21,24H,4,7-13H2,(H,19,22)/t16-/m1/s1. The van der Waals surface area contributed by atoms with Crippen LogP contribution in [-0.4, -0.2) is 46.2 Å². The average molecular weight is 334 g/mol. The summed E-state index contributed by atoms with van der Waals surface area (Å²) in [6.07, 6.45) is 3.12. The number of piperidine rings is 1. The van der Waals surface area contributed by atoms with Crippen LogP contribution in [-0.2, 0) is 16.0 Å². The number of aliphatic hydroxyl groups is 1. The number of rotatable bonds is 7. The van der Waals surface area contributed by atoms with Crippen molar-refractivity contribution < 1.29 is 19.9 Å². The van der Waals surface area contributed by atoms with Crippen molar-refractivity contribution in [1.29, 1.82) is 0 Å². The Morgan fingerprint density at radius 1 is 1.21 bits per heavy atom. The van der Waals surface area contributed by atoms with Crippen LogP contribution in [0.25, 0.3) is 0 Å². The van der Waals surface area contributed by atoms with Crippen LogP contribution >= 0.6 is 0 Å². The summed E-state index contributed by atoms with van der Waals surface area (Å²) in [5.41, 5.74) is 2.59. The zero-order chi connectivity index (χ0) is 17.4. The Bertz CT molecular complexity index is 527. The fourth-order valence-corrected chi connectivity index (χ4v) is 3.18. The van der Waals surface area contributed by atoms with Gasteiger partial charge in [0.25, 0.3) is 5.91 Å². The molecule has 6 heteroatoms. The lowest BCUT2D eigenvalue weighted by Gasteiger charge is -2.33. The van der Waals surface area contributed by atoms with Gasteiger partial charge >= 0.3 is 0 Å². The molecule has 3 N–H and O–H groups in total. The number of hydrogen-bond donors (Lipinski definition) is 3. The summed E-state index contributed by atoms with van der Waals surface area (Å²) >= 11 is 0. The summed E-state index contributed by atoms with van der Waals surface area (Å²) in [7, 11) is 0. The Kier molecular flexibility index (Phi) is 7.21. The third kappa shape index (κ3) is 5.62. The van der Waals surface area contributed by atoms with Gasteiger partial charge in [0, 0.05) is 25.9 Å². The number of nitrogens with one attached hydrogen (secondary N) is 1. The molecule has 0 unspecified atom stereocenters. The lowest BCUT2D eigenvalue weighted by molar-refractivity contribution is -0.141. The number of benzene rings is 1. The molecule has 0 saturated carbocycles. The summed E-state index contributed by atoms with van der Waals surface area (Å²) in [4.78, 5) is 25.1. The van der Waals surface area contributed by atoms with Gasteiger partial charge in [0.05, 0.1) is 0 Å². The molecule has 1 fully saturated rings. The van der Waals surface area contributed by atoms with Crippen LogP contribution in [0, 0.1) is 5.92 Å². The van der Waals surface area contributed by atoms with Crippen molar-refractivity contribution in [3.63, 3.8) is 0 Å². The topological polar surface area (TPSA) is 89.9 Å². The van der Waals surface area contributed by atoms with Crippen molar-refractivity contribution in [3.05, 3.63) is 35.9 Å². The maximum Gasteiger partial charge on any atom is 0.251 e. The van der Waals surface area contributed by atoms with Gasteiger partial charge in [0.2, 0.25) is 5.91 Å². The molecule has 1 aromatic rings. The van der Waals surface area contributed by atoms with Crippen LogP contribution in [0.4, 0.5) is 0 Å². The van der Waals surface area contributed by atoms with E-state index in [4.69, 9.17) is 5.21 Å². The Labute approximate surface area is 142 Å². The van der Waals surface area contributed by atoms with Crippen LogP contribution in [0.3, 0.4) is 0 Å². The van der Waals surface area contributed by atoms with E-state index in [1.54, 1.807) is 10.4 Å². The molecule has 0 aliphatic carbocycles. The second kappa shape index (κ2) is 9.39. The normalized spacial score (nSPS) is 16.7. The number of hydrogen-bond acceptors (Lipinski definition) is 4. The number of amides is 2. The molecule has 1 aliphatic rings. The number of nitrogens with zero attached hydrogens (tertiary/aromatic N) is 1.